The minimum absolute atomic E-state index is 0.0204. The zero-order valence-electron chi connectivity index (χ0n) is 12.8. The SMILES string of the molecule is CC(=O)c1cn(C)nc1C.Cc1nn(C)cc1C(=O)CCl. The van der Waals surface area contributed by atoms with E-state index >= 15 is 0 Å². The van der Waals surface area contributed by atoms with E-state index in [1.807, 2.05) is 6.92 Å². The van der Waals surface area contributed by atoms with E-state index in [0.717, 1.165) is 11.4 Å². The summed E-state index contributed by atoms with van der Waals surface area (Å²) < 4.78 is 3.25. The molecule has 2 aromatic heterocycles. The summed E-state index contributed by atoms with van der Waals surface area (Å²) in [6.07, 6.45) is 3.41. The molecule has 2 rings (SSSR count). The number of aromatic nitrogens is 4. The molecule has 114 valence electrons. The van der Waals surface area contributed by atoms with Crippen molar-refractivity contribution in [2.24, 2.45) is 14.1 Å². The standard InChI is InChI=1S/C7H9ClN2O.C7H10N2O/c1-5-6(7(11)3-8)4-10(2)9-5;1-5-7(6(2)10)4-9(3)8-5/h4H,3H2,1-2H3;4H,1-3H3. The fourth-order valence-electron chi connectivity index (χ4n) is 1.89. The Labute approximate surface area is 128 Å². The topological polar surface area (TPSA) is 69.8 Å². The van der Waals surface area contributed by atoms with Gasteiger partial charge < -0.3 is 0 Å². The first-order valence-corrected chi connectivity index (χ1v) is 6.90. The predicted octanol–water partition coefficient (Wildman–Crippen LogP) is 2.08. The summed E-state index contributed by atoms with van der Waals surface area (Å²) in [5, 5.41) is 8.05. The van der Waals surface area contributed by atoms with Crippen LogP contribution in [0, 0.1) is 13.8 Å². The highest BCUT2D eigenvalue weighted by Crippen LogP contribution is 2.06. The molecule has 2 heterocycles. The molecule has 0 aliphatic rings. The number of Topliss-reactive ketones (excluding diaryl/α,β-unsaturated/α-hetero) is 2. The summed E-state index contributed by atoms with van der Waals surface area (Å²) in [7, 11) is 3.58. The number of carbonyl (C=O) groups excluding carboxylic acids is 2. The Morgan fingerprint density at radius 3 is 1.71 bits per heavy atom. The van der Waals surface area contributed by atoms with Crippen molar-refractivity contribution in [3.05, 3.63) is 34.9 Å². The molecular formula is C14H19ClN4O2. The predicted molar refractivity (Wildman–Crippen MR) is 80.9 cm³/mol. The number of hydrogen-bond acceptors (Lipinski definition) is 4. The second-order valence-electron chi connectivity index (χ2n) is 4.72. The normalized spacial score (nSPS) is 10.0. The minimum atomic E-state index is -0.0720. The maximum Gasteiger partial charge on any atom is 0.181 e. The van der Waals surface area contributed by atoms with Crippen molar-refractivity contribution < 1.29 is 9.59 Å². The molecule has 6 nitrogen and oxygen atoms in total. The van der Waals surface area contributed by atoms with Crippen LogP contribution in [0.4, 0.5) is 0 Å². The van der Waals surface area contributed by atoms with Crippen LogP contribution in [-0.2, 0) is 14.1 Å². The van der Waals surface area contributed by atoms with E-state index in [-0.39, 0.29) is 17.4 Å². The molecule has 0 spiro atoms. The first-order valence-electron chi connectivity index (χ1n) is 6.36. The van der Waals surface area contributed by atoms with Crippen molar-refractivity contribution in [3.8, 4) is 0 Å². The number of rotatable bonds is 3. The Hall–Kier alpha value is -1.95. The van der Waals surface area contributed by atoms with Crippen LogP contribution < -0.4 is 0 Å². The van der Waals surface area contributed by atoms with Crippen molar-refractivity contribution in [2.45, 2.75) is 20.8 Å². The van der Waals surface area contributed by atoms with Crippen LogP contribution >= 0.6 is 11.6 Å². The third-order valence-electron chi connectivity index (χ3n) is 2.83. The van der Waals surface area contributed by atoms with Gasteiger partial charge in [0, 0.05) is 26.5 Å². The molecule has 0 bridgehead atoms. The first kappa shape index (κ1) is 17.1. The molecule has 0 aliphatic carbocycles. The summed E-state index contributed by atoms with van der Waals surface area (Å²) in [5.41, 5.74) is 2.86. The lowest BCUT2D eigenvalue weighted by molar-refractivity contribution is 0.101. The van der Waals surface area contributed by atoms with E-state index in [1.165, 1.54) is 0 Å². The van der Waals surface area contributed by atoms with Crippen LogP contribution in [-0.4, -0.2) is 37.0 Å². The number of hydrogen-bond donors (Lipinski definition) is 0. The summed E-state index contributed by atoms with van der Waals surface area (Å²) >= 11 is 5.38. The van der Waals surface area contributed by atoms with Gasteiger partial charge in [-0.1, -0.05) is 0 Å². The zero-order chi connectivity index (χ0) is 16.2. The largest absolute Gasteiger partial charge is 0.294 e. The number of carbonyl (C=O) groups is 2. The van der Waals surface area contributed by atoms with Gasteiger partial charge in [-0.15, -0.1) is 11.6 Å². The second-order valence-corrected chi connectivity index (χ2v) is 4.98. The van der Waals surface area contributed by atoms with Gasteiger partial charge in [0.2, 0.25) is 0 Å². The maximum absolute atomic E-state index is 11.1. The number of halogens is 1. The summed E-state index contributed by atoms with van der Waals surface area (Å²) in [4.78, 5) is 21.9. The molecule has 0 saturated heterocycles. The molecule has 0 saturated carbocycles. The van der Waals surface area contributed by atoms with Crippen LogP contribution in [0.5, 0.6) is 0 Å². The Morgan fingerprint density at radius 2 is 1.48 bits per heavy atom. The summed E-state index contributed by atoms with van der Waals surface area (Å²) in [6, 6.07) is 0. The molecule has 0 radical (unpaired) electrons. The number of aryl methyl sites for hydroxylation is 4. The lowest BCUT2D eigenvalue weighted by Gasteiger charge is -1.89. The van der Waals surface area contributed by atoms with E-state index < -0.39 is 0 Å². The molecule has 0 N–H and O–H groups in total. The Balaban J connectivity index is 0.000000211. The third-order valence-corrected chi connectivity index (χ3v) is 3.07. The zero-order valence-corrected chi connectivity index (χ0v) is 13.6. The van der Waals surface area contributed by atoms with Crippen LogP contribution in [0.3, 0.4) is 0 Å². The molecule has 0 unspecified atom stereocenters. The van der Waals surface area contributed by atoms with E-state index in [9.17, 15) is 9.59 Å². The van der Waals surface area contributed by atoms with Crippen molar-refractivity contribution in [1.29, 1.82) is 0 Å². The van der Waals surface area contributed by atoms with Gasteiger partial charge in [-0.25, -0.2) is 0 Å². The monoisotopic (exact) mass is 310 g/mol. The highest BCUT2D eigenvalue weighted by atomic mass is 35.5. The van der Waals surface area contributed by atoms with Gasteiger partial charge in [-0.2, -0.15) is 10.2 Å². The molecule has 21 heavy (non-hydrogen) atoms. The van der Waals surface area contributed by atoms with Gasteiger partial charge in [0.05, 0.1) is 28.4 Å². The Kier molecular flexibility index (Phi) is 5.84. The van der Waals surface area contributed by atoms with Gasteiger partial charge in [0.1, 0.15) is 0 Å². The van der Waals surface area contributed by atoms with Crippen LogP contribution in [0.15, 0.2) is 12.4 Å². The van der Waals surface area contributed by atoms with E-state index in [0.29, 0.717) is 11.1 Å². The molecule has 0 atom stereocenters. The fraction of sp³-hybridized carbons (Fsp3) is 0.429. The van der Waals surface area contributed by atoms with E-state index in [4.69, 9.17) is 11.6 Å². The Morgan fingerprint density at radius 1 is 1.05 bits per heavy atom. The smallest absolute Gasteiger partial charge is 0.181 e. The Bertz CT molecular complexity index is 658. The van der Waals surface area contributed by atoms with Crippen molar-refractivity contribution in [2.75, 3.05) is 5.88 Å². The lowest BCUT2D eigenvalue weighted by atomic mass is 10.2. The van der Waals surface area contributed by atoms with E-state index in [1.54, 1.807) is 49.7 Å². The fourth-order valence-corrected chi connectivity index (χ4v) is 2.03. The quantitative estimate of drug-likeness (QED) is 0.643. The second kappa shape index (κ2) is 7.17. The number of nitrogens with zero attached hydrogens (tertiary/aromatic N) is 4. The molecule has 7 heteroatoms. The molecular weight excluding hydrogens is 292 g/mol. The van der Waals surface area contributed by atoms with E-state index in [2.05, 4.69) is 10.2 Å². The lowest BCUT2D eigenvalue weighted by Crippen LogP contribution is -2.00. The van der Waals surface area contributed by atoms with Gasteiger partial charge in [0.15, 0.2) is 11.6 Å². The summed E-state index contributed by atoms with van der Waals surface area (Å²) in [5.74, 6) is 0.0230. The third kappa shape index (κ3) is 4.53. The van der Waals surface area contributed by atoms with Gasteiger partial charge in [-0.05, 0) is 20.8 Å². The maximum atomic E-state index is 11.1. The molecule has 0 aromatic carbocycles. The van der Waals surface area contributed by atoms with Crippen molar-refractivity contribution in [3.63, 3.8) is 0 Å². The first-order chi connectivity index (χ1) is 9.76. The average molecular weight is 311 g/mol. The van der Waals surface area contributed by atoms with Crippen molar-refractivity contribution in [1.82, 2.24) is 19.6 Å². The van der Waals surface area contributed by atoms with Gasteiger partial charge >= 0.3 is 0 Å². The number of ketones is 2. The summed E-state index contributed by atoms with van der Waals surface area (Å²) in [6.45, 7) is 5.17. The van der Waals surface area contributed by atoms with Gasteiger partial charge in [-0.3, -0.25) is 19.0 Å². The van der Waals surface area contributed by atoms with Crippen molar-refractivity contribution >= 4 is 23.2 Å². The minimum Gasteiger partial charge on any atom is -0.294 e. The van der Waals surface area contributed by atoms with Crippen LogP contribution in [0.2, 0.25) is 0 Å². The highest BCUT2D eigenvalue weighted by Gasteiger charge is 2.10. The average Bonchev–Trinajstić information content (AvgIpc) is 2.91. The van der Waals surface area contributed by atoms with Gasteiger partial charge in [0.25, 0.3) is 0 Å². The highest BCUT2D eigenvalue weighted by molar-refractivity contribution is 6.30. The number of alkyl halides is 1. The molecule has 0 fully saturated rings. The molecule has 0 aliphatic heterocycles. The molecule has 0 amide bonds. The van der Waals surface area contributed by atoms with Crippen LogP contribution in [0.1, 0.15) is 39.0 Å². The molecule has 2 aromatic rings. The van der Waals surface area contributed by atoms with Crippen LogP contribution in [0.25, 0.3) is 0 Å².